The molecule has 2 aliphatic heterocycles. The van der Waals surface area contributed by atoms with E-state index in [2.05, 4.69) is 20.1 Å². The lowest BCUT2D eigenvalue weighted by Gasteiger charge is -2.53. The summed E-state index contributed by atoms with van der Waals surface area (Å²) in [4.78, 5) is 6.53. The van der Waals surface area contributed by atoms with E-state index in [-0.39, 0.29) is 11.7 Å². The molecule has 2 aliphatic rings. The zero-order valence-corrected chi connectivity index (χ0v) is 13.9. The van der Waals surface area contributed by atoms with Crippen LogP contribution in [0, 0.1) is 6.92 Å². The molecule has 0 saturated carbocycles. The van der Waals surface area contributed by atoms with Gasteiger partial charge in [-0.2, -0.15) is 5.10 Å². The second kappa shape index (κ2) is 6.45. The molecular weight excluding hydrogens is 304 g/mol. The summed E-state index contributed by atoms with van der Waals surface area (Å²) in [6.45, 7) is 4.97. The van der Waals surface area contributed by atoms with Crippen molar-refractivity contribution >= 4 is 5.82 Å². The van der Waals surface area contributed by atoms with Crippen LogP contribution in [0.15, 0.2) is 36.5 Å². The van der Waals surface area contributed by atoms with Gasteiger partial charge in [-0.15, -0.1) is 5.10 Å². The van der Waals surface area contributed by atoms with Crippen LogP contribution in [0.4, 0.5) is 5.82 Å². The fourth-order valence-corrected chi connectivity index (χ4v) is 3.40. The first-order valence-electron chi connectivity index (χ1n) is 8.43. The molecule has 0 aromatic carbocycles. The molecule has 0 radical (unpaired) electrons. The lowest BCUT2D eigenvalue weighted by Crippen LogP contribution is -2.66. The number of hydrogen-bond acceptors (Lipinski definition) is 6. The van der Waals surface area contributed by atoms with Crippen LogP contribution in [0.1, 0.15) is 24.2 Å². The molecule has 2 saturated heterocycles. The highest BCUT2D eigenvalue weighted by atomic mass is 16.5. The van der Waals surface area contributed by atoms with Crippen LogP contribution in [0.25, 0.3) is 0 Å². The molecule has 0 bridgehead atoms. The van der Waals surface area contributed by atoms with Crippen molar-refractivity contribution in [2.24, 2.45) is 0 Å². The van der Waals surface area contributed by atoms with Gasteiger partial charge in [-0.1, -0.05) is 6.07 Å². The molecule has 2 aromatic rings. The average Bonchev–Trinajstić information content (AvgIpc) is 2.60. The Morgan fingerprint density at radius 3 is 2.92 bits per heavy atom. The molecule has 1 unspecified atom stereocenters. The zero-order valence-electron chi connectivity index (χ0n) is 13.9. The Labute approximate surface area is 141 Å². The maximum absolute atomic E-state index is 6.07. The van der Waals surface area contributed by atoms with Crippen LogP contribution in [-0.2, 0) is 16.1 Å². The predicted molar refractivity (Wildman–Crippen MR) is 89.7 cm³/mol. The standard InChI is InChI=1S/C18H22N4O2/c1-14-5-6-17(21-20-14)22-12-18(13-22)10-16(7-9-24-18)23-11-15-4-2-3-8-19-15/h2-6,8,16H,7,9-13H2,1H3. The summed E-state index contributed by atoms with van der Waals surface area (Å²) in [7, 11) is 0. The second-order valence-electron chi connectivity index (χ2n) is 6.67. The van der Waals surface area contributed by atoms with Crippen molar-refractivity contribution in [3.8, 4) is 0 Å². The zero-order chi connectivity index (χ0) is 16.4. The number of aryl methyl sites for hydroxylation is 1. The third-order valence-electron chi connectivity index (χ3n) is 4.71. The molecule has 126 valence electrons. The summed E-state index contributed by atoms with van der Waals surface area (Å²) in [5.41, 5.74) is 1.81. The number of ether oxygens (including phenoxy) is 2. The molecule has 0 amide bonds. The smallest absolute Gasteiger partial charge is 0.151 e. The first-order valence-corrected chi connectivity index (χ1v) is 8.43. The second-order valence-corrected chi connectivity index (χ2v) is 6.67. The van der Waals surface area contributed by atoms with Crippen LogP contribution in [-0.4, -0.2) is 46.6 Å². The number of pyridine rings is 1. The Bertz CT molecular complexity index is 671. The van der Waals surface area contributed by atoms with E-state index in [1.54, 1.807) is 6.20 Å². The maximum Gasteiger partial charge on any atom is 0.151 e. The van der Waals surface area contributed by atoms with Gasteiger partial charge in [0.25, 0.3) is 0 Å². The third-order valence-corrected chi connectivity index (χ3v) is 4.71. The Balaban J connectivity index is 1.32. The molecule has 6 heteroatoms. The first kappa shape index (κ1) is 15.5. The highest BCUT2D eigenvalue weighted by Crippen LogP contribution is 2.37. The fourth-order valence-electron chi connectivity index (χ4n) is 3.40. The van der Waals surface area contributed by atoms with Gasteiger partial charge in [0.15, 0.2) is 5.82 Å². The van der Waals surface area contributed by atoms with Gasteiger partial charge in [0.2, 0.25) is 0 Å². The molecule has 4 heterocycles. The van der Waals surface area contributed by atoms with E-state index in [0.29, 0.717) is 6.61 Å². The van der Waals surface area contributed by atoms with E-state index in [9.17, 15) is 0 Å². The average molecular weight is 326 g/mol. The van der Waals surface area contributed by atoms with Gasteiger partial charge in [0.05, 0.1) is 37.2 Å². The Hall–Kier alpha value is -2.05. The van der Waals surface area contributed by atoms with E-state index >= 15 is 0 Å². The topological polar surface area (TPSA) is 60.4 Å². The third kappa shape index (κ3) is 3.25. The van der Waals surface area contributed by atoms with Crippen LogP contribution >= 0.6 is 0 Å². The highest BCUT2D eigenvalue weighted by molar-refractivity contribution is 5.43. The summed E-state index contributed by atoms with van der Waals surface area (Å²) in [6.07, 6.45) is 3.90. The van der Waals surface area contributed by atoms with E-state index in [1.807, 2.05) is 37.3 Å². The first-order chi connectivity index (χ1) is 11.7. The number of nitrogens with zero attached hydrogens (tertiary/aromatic N) is 4. The summed E-state index contributed by atoms with van der Waals surface area (Å²) in [6, 6.07) is 9.92. The van der Waals surface area contributed by atoms with Crippen molar-refractivity contribution in [3.05, 3.63) is 47.9 Å². The summed E-state index contributed by atoms with van der Waals surface area (Å²) < 4.78 is 12.1. The summed E-state index contributed by atoms with van der Waals surface area (Å²) >= 11 is 0. The van der Waals surface area contributed by atoms with Crippen LogP contribution in [0.3, 0.4) is 0 Å². The Morgan fingerprint density at radius 2 is 2.17 bits per heavy atom. The van der Waals surface area contributed by atoms with Gasteiger partial charge in [0, 0.05) is 19.2 Å². The number of anilines is 1. The van der Waals surface area contributed by atoms with Crippen molar-refractivity contribution in [2.45, 2.75) is 38.1 Å². The molecule has 1 atom stereocenters. The maximum atomic E-state index is 6.07. The summed E-state index contributed by atoms with van der Waals surface area (Å²) in [5, 5.41) is 8.38. The number of aromatic nitrogens is 3. The van der Waals surface area contributed by atoms with Crippen LogP contribution in [0.2, 0.25) is 0 Å². The largest absolute Gasteiger partial charge is 0.372 e. The molecule has 6 nitrogen and oxygen atoms in total. The van der Waals surface area contributed by atoms with Crippen molar-refractivity contribution in [2.75, 3.05) is 24.6 Å². The monoisotopic (exact) mass is 326 g/mol. The molecule has 24 heavy (non-hydrogen) atoms. The molecule has 2 aromatic heterocycles. The minimum Gasteiger partial charge on any atom is -0.372 e. The van der Waals surface area contributed by atoms with Crippen molar-refractivity contribution in [3.63, 3.8) is 0 Å². The minimum absolute atomic E-state index is 0.0976. The van der Waals surface area contributed by atoms with Gasteiger partial charge in [-0.05, 0) is 37.6 Å². The highest BCUT2D eigenvalue weighted by Gasteiger charge is 2.48. The van der Waals surface area contributed by atoms with E-state index in [1.165, 1.54) is 0 Å². The van der Waals surface area contributed by atoms with Gasteiger partial charge in [-0.25, -0.2) is 0 Å². The van der Waals surface area contributed by atoms with Crippen molar-refractivity contribution in [1.82, 2.24) is 15.2 Å². The quantitative estimate of drug-likeness (QED) is 0.858. The SMILES string of the molecule is Cc1ccc(N2CC3(CC(OCc4ccccn4)CCO3)C2)nn1. The molecule has 0 N–H and O–H groups in total. The Kier molecular flexibility index (Phi) is 4.16. The number of rotatable bonds is 4. The van der Waals surface area contributed by atoms with Crippen LogP contribution in [0.5, 0.6) is 0 Å². The van der Waals surface area contributed by atoms with Gasteiger partial charge in [-0.3, -0.25) is 4.98 Å². The van der Waals surface area contributed by atoms with Crippen molar-refractivity contribution < 1.29 is 9.47 Å². The lowest BCUT2D eigenvalue weighted by molar-refractivity contribution is -0.148. The summed E-state index contributed by atoms with van der Waals surface area (Å²) in [5.74, 6) is 0.923. The molecule has 1 spiro atoms. The fraction of sp³-hybridized carbons (Fsp3) is 0.500. The predicted octanol–water partition coefficient (Wildman–Crippen LogP) is 2.13. The van der Waals surface area contributed by atoms with Gasteiger partial charge < -0.3 is 14.4 Å². The van der Waals surface area contributed by atoms with E-state index < -0.39 is 0 Å². The van der Waals surface area contributed by atoms with Crippen LogP contribution < -0.4 is 4.90 Å². The van der Waals surface area contributed by atoms with E-state index in [0.717, 1.165) is 49.7 Å². The molecular formula is C18H22N4O2. The van der Waals surface area contributed by atoms with Crippen molar-refractivity contribution in [1.29, 1.82) is 0 Å². The van der Waals surface area contributed by atoms with Gasteiger partial charge in [0.1, 0.15) is 5.60 Å². The lowest BCUT2D eigenvalue weighted by atomic mass is 9.84. The molecule has 2 fully saturated rings. The number of hydrogen-bond donors (Lipinski definition) is 0. The minimum atomic E-state index is -0.0976. The molecule has 4 rings (SSSR count). The van der Waals surface area contributed by atoms with E-state index in [4.69, 9.17) is 9.47 Å². The molecule has 0 aliphatic carbocycles. The Morgan fingerprint density at radius 1 is 1.25 bits per heavy atom. The normalized spacial score (nSPS) is 22.4. The van der Waals surface area contributed by atoms with Gasteiger partial charge >= 0.3 is 0 Å².